The van der Waals surface area contributed by atoms with E-state index in [0.29, 0.717) is 5.75 Å². The molecule has 0 spiro atoms. The van der Waals surface area contributed by atoms with Gasteiger partial charge in [0.25, 0.3) is 0 Å². The summed E-state index contributed by atoms with van der Waals surface area (Å²) in [5.41, 5.74) is 0.170. The molecule has 5 rings (SSSR count). The lowest BCUT2D eigenvalue weighted by atomic mass is 9.94. The van der Waals surface area contributed by atoms with E-state index in [1.807, 2.05) is 30.3 Å². The van der Waals surface area contributed by atoms with E-state index >= 15 is 0 Å². The van der Waals surface area contributed by atoms with Crippen LogP contribution in [0.1, 0.15) is 26.3 Å². The van der Waals surface area contributed by atoms with Crippen LogP contribution in [0, 0.1) is 0 Å². The first-order chi connectivity index (χ1) is 17.7. The molecule has 0 saturated heterocycles. The Kier molecular flexibility index (Phi) is 6.34. The van der Waals surface area contributed by atoms with Crippen molar-refractivity contribution >= 4 is 44.4 Å². The van der Waals surface area contributed by atoms with Crippen molar-refractivity contribution in [3.63, 3.8) is 0 Å². The van der Waals surface area contributed by atoms with Crippen LogP contribution in [-0.4, -0.2) is 30.8 Å². The maximum atomic E-state index is 12.3. The lowest BCUT2D eigenvalue weighted by molar-refractivity contribution is -0.143. The number of methoxy groups -OCH3 is 1. The lowest BCUT2D eigenvalue weighted by Crippen LogP contribution is -2.45. The van der Waals surface area contributed by atoms with Crippen LogP contribution in [0.4, 0.5) is 4.79 Å². The third-order valence-electron chi connectivity index (χ3n) is 6.26. The number of alkyl carbamates (subject to hydrolysis) is 1. The largest absolute Gasteiger partial charge is 0.467 e. The molecule has 0 aliphatic heterocycles. The maximum absolute atomic E-state index is 12.3. The predicted molar refractivity (Wildman–Crippen MR) is 146 cm³/mol. The van der Waals surface area contributed by atoms with Crippen molar-refractivity contribution in [2.75, 3.05) is 7.11 Å². The maximum Gasteiger partial charge on any atom is 0.408 e. The van der Waals surface area contributed by atoms with Crippen LogP contribution in [0.25, 0.3) is 32.3 Å². The number of ether oxygens (including phenoxy) is 3. The van der Waals surface area contributed by atoms with Crippen LogP contribution in [0.15, 0.2) is 78.9 Å². The number of carbonyl (C=O) groups is 2. The van der Waals surface area contributed by atoms with Crippen LogP contribution in [0.2, 0.25) is 0 Å². The van der Waals surface area contributed by atoms with Crippen molar-refractivity contribution < 1.29 is 23.8 Å². The molecule has 1 N–H and O–H groups in total. The fourth-order valence-electron chi connectivity index (χ4n) is 4.64. The third-order valence-corrected chi connectivity index (χ3v) is 6.26. The second-order valence-corrected chi connectivity index (χ2v) is 10.1. The van der Waals surface area contributed by atoms with Gasteiger partial charge in [-0.1, -0.05) is 54.6 Å². The Hall–Kier alpha value is -4.32. The number of carbonyl (C=O) groups excluding carboxylic acids is 2. The van der Waals surface area contributed by atoms with Gasteiger partial charge in [-0.05, 0) is 72.1 Å². The number of nitrogens with one attached hydrogen (secondary N) is 1. The van der Waals surface area contributed by atoms with Crippen molar-refractivity contribution in [1.82, 2.24) is 5.32 Å². The summed E-state index contributed by atoms with van der Waals surface area (Å²) in [7, 11) is 1.29. The summed E-state index contributed by atoms with van der Waals surface area (Å²) in [6, 6.07) is 25.5. The summed E-state index contributed by atoms with van der Waals surface area (Å²) in [6.07, 6.45) is -0.415. The van der Waals surface area contributed by atoms with E-state index in [-0.39, 0.29) is 6.42 Å². The first kappa shape index (κ1) is 24.4. The fraction of sp³-hybridized carbons (Fsp3) is 0.226. The summed E-state index contributed by atoms with van der Waals surface area (Å²) in [4.78, 5) is 24.5. The molecule has 1 amide bonds. The number of hydrogen-bond acceptors (Lipinski definition) is 5. The summed E-state index contributed by atoms with van der Waals surface area (Å²) in [6.45, 7) is 5.29. The highest BCUT2D eigenvalue weighted by Crippen LogP contribution is 2.39. The zero-order valence-corrected chi connectivity index (χ0v) is 21.3. The van der Waals surface area contributed by atoms with Gasteiger partial charge in [0.15, 0.2) is 0 Å². The summed E-state index contributed by atoms with van der Waals surface area (Å²) >= 11 is 0. The molecule has 5 aromatic carbocycles. The average molecular weight is 496 g/mol. The van der Waals surface area contributed by atoms with Crippen molar-refractivity contribution in [1.29, 1.82) is 0 Å². The molecule has 0 radical (unpaired) electrons. The van der Waals surface area contributed by atoms with Crippen LogP contribution in [0.5, 0.6) is 11.5 Å². The Labute approximate surface area is 215 Å². The van der Waals surface area contributed by atoms with Gasteiger partial charge in [-0.2, -0.15) is 0 Å². The highest BCUT2D eigenvalue weighted by atomic mass is 16.6. The van der Waals surface area contributed by atoms with Gasteiger partial charge in [-0.25, -0.2) is 9.59 Å². The highest BCUT2D eigenvalue weighted by molar-refractivity contribution is 6.24. The Bertz CT molecular complexity index is 1570. The zero-order valence-electron chi connectivity index (χ0n) is 21.3. The van der Waals surface area contributed by atoms with Crippen molar-refractivity contribution in [3.05, 3.63) is 84.4 Å². The molecule has 1 atom stereocenters. The Morgan fingerprint density at radius 3 is 2.08 bits per heavy atom. The molecule has 188 valence electrons. The van der Waals surface area contributed by atoms with E-state index in [4.69, 9.17) is 14.2 Å². The van der Waals surface area contributed by atoms with Gasteiger partial charge >= 0.3 is 12.1 Å². The van der Waals surface area contributed by atoms with E-state index in [9.17, 15) is 9.59 Å². The number of amides is 1. The molecule has 0 aliphatic carbocycles. The zero-order chi connectivity index (χ0) is 26.2. The van der Waals surface area contributed by atoms with Gasteiger partial charge in [0, 0.05) is 17.2 Å². The molecular weight excluding hydrogens is 466 g/mol. The molecule has 0 saturated carbocycles. The molecule has 0 heterocycles. The van der Waals surface area contributed by atoms with Gasteiger partial charge < -0.3 is 19.5 Å². The van der Waals surface area contributed by atoms with E-state index in [2.05, 4.69) is 53.8 Å². The number of esters is 1. The molecule has 37 heavy (non-hydrogen) atoms. The molecule has 0 fully saturated rings. The number of rotatable bonds is 6. The van der Waals surface area contributed by atoms with Crippen LogP contribution >= 0.6 is 0 Å². The minimum absolute atomic E-state index is 0.255. The first-order valence-corrected chi connectivity index (χ1v) is 12.2. The predicted octanol–water partition coefficient (Wildman–Crippen LogP) is 6.99. The fourth-order valence-corrected chi connectivity index (χ4v) is 4.64. The SMILES string of the molecule is COC(=O)[C@@H](Cc1ccc(Oc2ccc3ccc4cccc5ccc2c3c45)cc1)NC(=O)OC(C)(C)C. The second kappa shape index (κ2) is 9.62. The summed E-state index contributed by atoms with van der Waals surface area (Å²) in [5, 5.41) is 9.68. The Morgan fingerprint density at radius 1 is 0.811 bits per heavy atom. The van der Waals surface area contributed by atoms with Gasteiger partial charge in [0.05, 0.1) is 7.11 Å². The van der Waals surface area contributed by atoms with E-state index in [0.717, 1.165) is 16.7 Å². The molecule has 0 aliphatic rings. The van der Waals surface area contributed by atoms with E-state index in [1.165, 1.54) is 34.0 Å². The molecule has 0 bridgehead atoms. The molecular formula is C31H29NO5. The van der Waals surface area contributed by atoms with E-state index < -0.39 is 23.7 Å². The Morgan fingerprint density at radius 2 is 1.43 bits per heavy atom. The van der Waals surface area contributed by atoms with Crippen molar-refractivity contribution in [2.45, 2.75) is 38.8 Å². The first-order valence-electron chi connectivity index (χ1n) is 12.2. The molecule has 0 aromatic heterocycles. The minimum Gasteiger partial charge on any atom is -0.467 e. The van der Waals surface area contributed by atoms with Crippen molar-refractivity contribution in [3.8, 4) is 11.5 Å². The minimum atomic E-state index is -0.871. The number of hydrogen-bond donors (Lipinski definition) is 1. The van der Waals surface area contributed by atoms with Crippen LogP contribution < -0.4 is 10.1 Å². The topological polar surface area (TPSA) is 73.9 Å². The quantitative estimate of drug-likeness (QED) is 0.203. The molecule has 6 heteroatoms. The third kappa shape index (κ3) is 5.14. The second-order valence-electron chi connectivity index (χ2n) is 10.1. The lowest BCUT2D eigenvalue weighted by Gasteiger charge is -2.22. The van der Waals surface area contributed by atoms with Crippen molar-refractivity contribution in [2.24, 2.45) is 0 Å². The van der Waals surface area contributed by atoms with Gasteiger partial charge in [-0.3, -0.25) is 0 Å². The molecule has 0 unspecified atom stereocenters. The van der Waals surface area contributed by atoms with Gasteiger partial charge in [-0.15, -0.1) is 0 Å². The monoisotopic (exact) mass is 495 g/mol. The highest BCUT2D eigenvalue weighted by Gasteiger charge is 2.25. The number of benzene rings is 5. The molecule has 5 aromatic rings. The van der Waals surface area contributed by atoms with Gasteiger partial charge in [0.1, 0.15) is 23.1 Å². The standard InChI is InChI=1S/C31H29NO5/c1-31(2,3)37-30(34)32-25(29(33)35-4)18-19-8-14-23(15-9-19)36-26-17-13-22-11-10-20-6-5-7-21-12-16-24(26)28(22)27(20)21/h5-17,25H,18H2,1-4H3,(H,32,34)/t25-/m1/s1. The van der Waals surface area contributed by atoms with Gasteiger partial charge in [0.2, 0.25) is 0 Å². The van der Waals surface area contributed by atoms with E-state index in [1.54, 1.807) is 20.8 Å². The van der Waals surface area contributed by atoms with Crippen LogP contribution in [-0.2, 0) is 20.7 Å². The summed E-state index contributed by atoms with van der Waals surface area (Å²) < 4.78 is 16.5. The normalized spacial score (nSPS) is 12.5. The molecule has 6 nitrogen and oxygen atoms in total. The average Bonchev–Trinajstić information content (AvgIpc) is 2.87. The summed E-state index contributed by atoms with van der Waals surface area (Å²) in [5.74, 6) is 0.908. The Balaban J connectivity index is 1.37. The smallest absolute Gasteiger partial charge is 0.408 e. The van der Waals surface area contributed by atoms with Crippen LogP contribution in [0.3, 0.4) is 0 Å².